The minimum absolute atomic E-state index is 0.0437. The van der Waals surface area contributed by atoms with Gasteiger partial charge in [0.15, 0.2) is 5.69 Å². The predicted molar refractivity (Wildman–Crippen MR) is 102 cm³/mol. The summed E-state index contributed by atoms with van der Waals surface area (Å²) in [7, 11) is 0. The predicted octanol–water partition coefficient (Wildman–Crippen LogP) is 2.73. The van der Waals surface area contributed by atoms with Crippen LogP contribution < -0.4 is 5.32 Å². The summed E-state index contributed by atoms with van der Waals surface area (Å²) in [6, 6.07) is 13.0. The van der Waals surface area contributed by atoms with Gasteiger partial charge in [-0.15, -0.1) is 16.7 Å². The molecule has 0 aliphatic carbocycles. The molecule has 0 unspecified atom stereocenters. The van der Waals surface area contributed by atoms with Crippen LogP contribution in [-0.2, 0) is 11.3 Å². The Bertz CT molecular complexity index is 1120. The van der Waals surface area contributed by atoms with Crippen molar-refractivity contribution in [1.82, 2.24) is 9.88 Å². The third-order valence-electron chi connectivity index (χ3n) is 3.98. The third kappa shape index (κ3) is 3.68. The second-order valence-electron chi connectivity index (χ2n) is 5.77. The van der Waals surface area contributed by atoms with Crippen LogP contribution in [0.25, 0.3) is 10.9 Å². The van der Waals surface area contributed by atoms with E-state index in [1.54, 1.807) is 36.4 Å². The summed E-state index contributed by atoms with van der Waals surface area (Å²) in [6.07, 6.45) is 5.33. The highest BCUT2D eigenvalue weighted by molar-refractivity contribution is 5.99. The lowest BCUT2D eigenvalue weighted by Crippen LogP contribution is -2.28. The van der Waals surface area contributed by atoms with Crippen LogP contribution in [-0.4, -0.2) is 33.1 Å². The van der Waals surface area contributed by atoms with Gasteiger partial charge < -0.3 is 15.5 Å². The van der Waals surface area contributed by atoms with E-state index in [0.29, 0.717) is 10.9 Å². The van der Waals surface area contributed by atoms with Gasteiger partial charge in [-0.05, 0) is 18.2 Å². The summed E-state index contributed by atoms with van der Waals surface area (Å²) in [5.74, 6) is 0.709. The topological polar surface area (TPSA) is 116 Å². The molecule has 8 heteroatoms. The molecule has 140 valence electrons. The summed E-state index contributed by atoms with van der Waals surface area (Å²) < 4.78 is 1.48. The Balaban J connectivity index is 1.75. The van der Waals surface area contributed by atoms with Gasteiger partial charge >= 0.3 is 0 Å². The number of phenols is 1. The molecule has 0 bridgehead atoms. The van der Waals surface area contributed by atoms with Crippen LogP contribution in [0.5, 0.6) is 11.6 Å². The maximum Gasteiger partial charge on any atom is 0.283 e. The van der Waals surface area contributed by atoms with Gasteiger partial charge in [-0.3, -0.25) is 14.2 Å². The molecule has 0 fully saturated rings. The fraction of sp³-hybridized carbons (Fsp3) is 0.100. The molecule has 2 aromatic carbocycles. The van der Waals surface area contributed by atoms with E-state index in [2.05, 4.69) is 21.5 Å². The number of nitrogens with one attached hydrogen (secondary N) is 1. The van der Waals surface area contributed by atoms with E-state index in [4.69, 9.17) is 6.42 Å². The lowest BCUT2D eigenvalue weighted by Gasteiger charge is -2.04. The Morgan fingerprint density at radius 2 is 1.82 bits per heavy atom. The second-order valence-corrected chi connectivity index (χ2v) is 5.77. The minimum atomic E-state index is -0.725. The van der Waals surface area contributed by atoms with Crippen LogP contribution in [0.4, 0.5) is 5.69 Å². The largest absolute Gasteiger partial charge is 0.507 e. The van der Waals surface area contributed by atoms with Gasteiger partial charge in [-0.2, -0.15) is 0 Å². The lowest BCUT2D eigenvalue weighted by atomic mass is 10.2. The number of hydrogen-bond donors (Lipinski definition) is 3. The molecular formula is C20H16N4O4. The molecule has 1 heterocycles. The number of phenolic OH excluding ortho intramolecular Hbond substituents is 1. The van der Waals surface area contributed by atoms with Gasteiger partial charge in [0.1, 0.15) is 12.3 Å². The average molecular weight is 376 g/mol. The molecule has 0 saturated heterocycles. The first kappa shape index (κ1) is 18.7. The van der Waals surface area contributed by atoms with E-state index in [1.165, 1.54) is 16.7 Å². The number of fused-ring (bicyclic) bond motifs is 1. The molecule has 28 heavy (non-hydrogen) atoms. The fourth-order valence-corrected chi connectivity index (χ4v) is 2.68. The van der Waals surface area contributed by atoms with Crippen molar-refractivity contribution in [2.24, 2.45) is 10.2 Å². The second kappa shape index (κ2) is 8.05. The summed E-state index contributed by atoms with van der Waals surface area (Å²) in [4.78, 5) is 23.9. The average Bonchev–Trinajstić information content (AvgIpc) is 2.96. The van der Waals surface area contributed by atoms with Gasteiger partial charge in [0.2, 0.25) is 5.88 Å². The molecule has 0 aliphatic heterocycles. The Morgan fingerprint density at radius 1 is 1.11 bits per heavy atom. The van der Waals surface area contributed by atoms with Crippen molar-refractivity contribution in [3.05, 3.63) is 54.1 Å². The molecule has 3 N–H and O–H groups in total. The van der Waals surface area contributed by atoms with Crippen LogP contribution >= 0.6 is 0 Å². The molecule has 0 aliphatic rings. The normalized spacial score (nSPS) is 10.8. The molecule has 3 aromatic rings. The standard InChI is InChI=1S/C20H16N4O4/c1-2-11-24-15-9-5-3-7-13(15)18(20(24)28)23-22-17(26)12-21-19(27)14-8-4-6-10-16(14)25/h1,3-10,25,28H,11-12H2,(H,21,27). The Morgan fingerprint density at radius 3 is 2.57 bits per heavy atom. The lowest BCUT2D eigenvalue weighted by molar-refractivity contribution is -0.117. The van der Waals surface area contributed by atoms with E-state index in [0.717, 1.165) is 0 Å². The zero-order chi connectivity index (χ0) is 20.1. The van der Waals surface area contributed by atoms with E-state index in [9.17, 15) is 19.8 Å². The van der Waals surface area contributed by atoms with Crippen LogP contribution in [0, 0.1) is 12.3 Å². The van der Waals surface area contributed by atoms with Crippen LogP contribution in [0.3, 0.4) is 0 Å². The molecule has 1 aromatic heterocycles. The molecule has 8 nitrogen and oxygen atoms in total. The SMILES string of the molecule is C#CCn1c(O)c(N=NC(=O)CNC(=O)c2ccccc2O)c2ccccc21. The minimum Gasteiger partial charge on any atom is -0.507 e. The molecule has 0 spiro atoms. The van der Waals surface area contributed by atoms with Gasteiger partial charge in [0.05, 0.1) is 17.6 Å². The van der Waals surface area contributed by atoms with Gasteiger partial charge in [0, 0.05) is 5.39 Å². The summed E-state index contributed by atoms with van der Waals surface area (Å²) >= 11 is 0. The number of azo groups is 1. The fourth-order valence-electron chi connectivity index (χ4n) is 2.68. The maximum absolute atomic E-state index is 12.0. The first-order valence-electron chi connectivity index (χ1n) is 8.27. The Kier molecular flexibility index (Phi) is 5.37. The highest BCUT2D eigenvalue weighted by Crippen LogP contribution is 2.38. The molecule has 2 amide bonds. The van der Waals surface area contributed by atoms with Crippen molar-refractivity contribution >= 4 is 28.4 Å². The summed E-state index contributed by atoms with van der Waals surface area (Å²) in [6.45, 7) is -0.285. The van der Waals surface area contributed by atoms with Gasteiger partial charge in [0.25, 0.3) is 11.8 Å². The number of benzene rings is 2. The quantitative estimate of drug-likeness (QED) is 0.469. The highest BCUT2D eigenvalue weighted by Gasteiger charge is 2.16. The van der Waals surface area contributed by atoms with Gasteiger partial charge in [-0.1, -0.05) is 36.3 Å². The van der Waals surface area contributed by atoms with E-state index in [-0.39, 0.29) is 29.4 Å². The number of carbonyl (C=O) groups is 2. The van der Waals surface area contributed by atoms with E-state index >= 15 is 0 Å². The molecule has 0 saturated carbocycles. The number of amides is 2. The van der Waals surface area contributed by atoms with Crippen molar-refractivity contribution in [3.63, 3.8) is 0 Å². The number of carbonyl (C=O) groups excluding carboxylic acids is 2. The molecule has 0 atom stereocenters. The third-order valence-corrected chi connectivity index (χ3v) is 3.98. The number of para-hydroxylation sites is 2. The van der Waals surface area contributed by atoms with Crippen molar-refractivity contribution in [1.29, 1.82) is 0 Å². The zero-order valence-electron chi connectivity index (χ0n) is 14.7. The van der Waals surface area contributed by atoms with Crippen LogP contribution in [0.1, 0.15) is 10.4 Å². The Labute approximate surface area is 160 Å². The summed E-state index contributed by atoms with van der Waals surface area (Å²) in [5.41, 5.74) is 0.820. The van der Waals surface area contributed by atoms with Crippen molar-refractivity contribution < 1.29 is 19.8 Å². The molecule has 3 rings (SSSR count). The monoisotopic (exact) mass is 376 g/mol. The maximum atomic E-state index is 12.0. The smallest absolute Gasteiger partial charge is 0.283 e. The van der Waals surface area contributed by atoms with Crippen molar-refractivity contribution in [3.8, 4) is 24.0 Å². The van der Waals surface area contributed by atoms with Crippen LogP contribution in [0.15, 0.2) is 58.8 Å². The number of aromatic hydroxyl groups is 2. The zero-order valence-corrected chi connectivity index (χ0v) is 14.7. The number of rotatable bonds is 5. The molecule has 0 radical (unpaired) electrons. The first-order chi connectivity index (χ1) is 13.5. The number of hydrogen-bond acceptors (Lipinski definition) is 5. The number of aromatic nitrogens is 1. The first-order valence-corrected chi connectivity index (χ1v) is 8.27. The highest BCUT2D eigenvalue weighted by atomic mass is 16.3. The Hall–Kier alpha value is -4.12. The number of terminal acetylenes is 1. The van der Waals surface area contributed by atoms with Gasteiger partial charge in [-0.25, -0.2) is 0 Å². The molecular weight excluding hydrogens is 360 g/mol. The van der Waals surface area contributed by atoms with Crippen LogP contribution in [0.2, 0.25) is 0 Å². The summed E-state index contributed by atoms with van der Waals surface area (Å²) in [5, 5.41) is 30.3. The van der Waals surface area contributed by atoms with E-state index < -0.39 is 18.4 Å². The van der Waals surface area contributed by atoms with E-state index in [1.807, 2.05) is 0 Å². The van der Waals surface area contributed by atoms with Crippen molar-refractivity contribution in [2.75, 3.05) is 6.54 Å². The number of nitrogens with zero attached hydrogens (tertiary/aromatic N) is 3. The van der Waals surface area contributed by atoms with Crippen molar-refractivity contribution in [2.45, 2.75) is 6.54 Å².